The van der Waals surface area contributed by atoms with Crippen LogP contribution in [-0.4, -0.2) is 51.2 Å². The molecule has 1 aromatic carbocycles. The molecule has 0 unspecified atom stereocenters. The standard InChI is InChI=1S/C13H19FN2O2/c1-16(2)8-10-18-9-7-15-13(17)11-5-3-4-6-12(11)14/h3-6H,7-10H2,1-2H3,(H,15,17). The number of nitrogens with zero attached hydrogens (tertiary/aromatic N) is 1. The van der Waals surface area contributed by atoms with Gasteiger partial charge in [-0.25, -0.2) is 4.39 Å². The molecule has 0 aliphatic carbocycles. The van der Waals surface area contributed by atoms with E-state index in [9.17, 15) is 9.18 Å². The molecule has 1 N–H and O–H groups in total. The van der Waals surface area contributed by atoms with Crippen molar-refractivity contribution >= 4 is 5.91 Å². The molecule has 0 spiro atoms. The summed E-state index contributed by atoms with van der Waals surface area (Å²) in [5.74, 6) is -0.923. The Bertz CT molecular complexity index is 383. The Morgan fingerprint density at radius 3 is 2.72 bits per heavy atom. The summed E-state index contributed by atoms with van der Waals surface area (Å²) < 4.78 is 18.6. The summed E-state index contributed by atoms with van der Waals surface area (Å²) in [5, 5.41) is 2.61. The fourth-order valence-corrected chi connectivity index (χ4v) is 1.33. The topological polar surface area (TPSA) is 41.6 Å². The molecule has 0 atom stereocenters. The Morgan fingerprint density at radius 1 is 1.33 bits per heavy atom. The largest absolute Gasteiger partial charge is 0.378 e. The summed E-state index contributed by atoms with van der Waals surface area (Å²) in [7, 11) is 3.92. The Labute approximate surface area is 107 Å². The minimum atomic E-state index is -0.511. The molecule has 0 aliphatic heterocycles. The van der Waals surface area contributed by atoms with Crippen molar-refractivity contribution in [1.29, 1.82) is 0 Å². The predicted octanol–water partition coefficient (Wildman–Crippen LogP) is 1.13. The molecule has 1 aromatic rings. The highest BCUT2D eigenvalue weighted by molar-refractivity contribution is 5.94. The molecule has 0 saturated heterocycles. The zero-order valence-corrected chi connectivity index (χ0v) is 10.8. The van der Waals surface area contributed by atoms with E-state index < -0.39 is 11.7 Å². The second-order valence-corrected chi connectivity index (χ2v) is 4.15. The van der Waals surface area contributed by atoms with E-state index in [4.69, 9.17) is 4.74 Å². The van der Waals surface area contributed by atoms with Gasteiger partial charge in [-0.3, -0.25) is 4.79 Å². The third-order valence-electron chi connectivity index (χ3n) is 2.33. The summed E-state index contributed by atoms with van der Waals surface area (Å²) in [6.45, 7) is 2.25. The number of ether oxygens (including phenoxy) is 1. The van der Waals surface area contributed by atoms with Crippen LogP contribution in [-0.2, 0) is 4.74 Å². The van der Waals surface area contributed by atoms with Crippen LogP contribution < -0.4 is 5.32 Å². The predicted molar refractivity (Wildman–Crippen MR) is 68.1 cm³/mol. The van der Waals surface area contributed by atoms with Crippen LogP contribution >= 0.6 is 0 Å². The number of likely N-dealkylation sites (N-methyl/N-ethyl adjacent to an activating group) is 1. The van der Waals surface area contributed by atoms with E-state index in [0.717, 1.165) is 6.54 Å². The molecule has 1 rings (SSSR count). The monoisotopic (exact) mass is 254 g/mol. The van der Waals surface area contributed by atoms with Crippen molar-refractivity contribution in [3.05, 3.63) is 35.6 Å². The molecular weight excluding hydrogens is 235 g/mol. The van der Waals surface area contributed by atoms with Crippen LogP contribution in [0.1, 0.15) is 10.4 Å². The van der Waals surface area contributed by atoms with Crippen LogP contribution in [0.4, 0.5) is 4.39 Å². The minimum Gasteiger partial charge on any atom is -0.378 e. The van der Waals surface area contributed by atoms with Gasteiger partial charge < -0.3 is 15.0 Å². The normalized spacial score (nSPS) is 10.7. The van der Waals surface area contributed by atoms with Gasteiger partial charge in [-0.2, -0.15) is 0 Å². The Balaban J connectivity index is 2.20. The van der Waals surface area contributed by atoms with Gasteiger partial charge in [-0.1, -0.05) is 12.1 Å². The highest BCUT2D eigenvalue weighted by Crippen LogP contribution is 2.05. The van der Waals surface area contributed by atoms with Crippen LogP contribution in [0, 0.1) is 5.82 Å². The van der Waals surface area contributed by atoms with Gasteiger partial charge in [0, 0.05) is 13.1 Å². The van der Waals surface area contributed by atoms with Gasteiger partial charge >= 0.3 is 0 Å². The number of carbonyl (C=O) groups is 1. The van der Waals surface area contributed by atoms with Crippen LogP contribution in [0.25, 0.3) is 0 Å². The van der Waals surface area contributed by atoms with E-state index >= 15 is 0 Å². The highest BCUT2D eigenvalue weighted by atomic mass is 19.1. The van der Waals surface area contributed by atoms with Gasteiger partial charge in [-0.15, -0.1) is 0 Å². The number of benzene rings is 1. The Morgan fingerprint density at radius 2 is 2.06 bits per heavy atom. The minimum absolute atomic E-state index is 0.0609. The van der Waals surface area contributed by atoms with Gasteiger partial charge in [0.15, 0.2) is 0 Å². The summed E-state index contributed by atoms with van der Waals surface area (Å²) in [6, 6.07) is 5.90. The third-order valence-corrected chi connectivity index (χ3v) is 2.33. The second kappa shape index (κ2) is 7.79. The SMILES string of the molecule is CN(C)CCOCCNC(=O)c1ccccc1F. The lowest BCUT2D eigenvalue weighted by Crippen LogP contribution is -2.29. The van der Waals surface area contributed by atoms with Gasteiger partial charge in [0.2, 0.25) is 0 Å². The lowest BCUT2D eigenvalue weighted by atomic mass is 10.2. The molecule has 0 bridgehead atoms. The molecule has 0 saturated carbocycles. The van der Waals surface area contributed by atoms with Gasteiger partial charge in [0.05, 0.1) is 18.8 Å². The summed E-state index contributed by atoms with van der Waals surface area (Å²) >= 11 is 0. The molecule has 0 radical (unpaired) electrons. The van der Waals surface area contributed by atoms with Crippen LogP contribution in [0.2, 0.25) is 0 Å². The number of nitrogens with one attached hydrogen (secondary N) is 1. The van der Waals surface area contributed by atoms with Gasteiger partial charge in [0.25, 0.3) is 5.91 Å². The maximum absolute atomic E-state index is 13.3. The van der Waals surface area contributed by atoms with Gasteiger partial charge in [-0.05, 0) is 26.2 Å². The highest BCUT2D eigenvalue weighted by Gasteiger charge is 2.09. The first-order chi connectivity index (χ1) is 8.61. The van der Waals surface area contributed by atoms with E-state index in [0.29, 0.717) is 19.8 Å². The first-order valence-corrected chi connectivity index (χ1v) is 5.86. The van der Waals surface area contributed by atoms with Crippen molar-refractivity contribution in [2.24, 2.45) is 0 Å². The van der Waals surface area contributed by atoms with E-state index in [-0.39, 0.29) is 5.56 Å². The number of amides is 1. The van der Waals surface area contributed by atoms with E-state index in [1.807, 2.05) is 19.0 Å². The van der Waals surface area contributed by atoms with Crippen LogP contribution in [0.15, 0.2) is 24.3 Å². The fourth-order valence-electron chi connectivity index (χ4n) is 1.33. The quantitative estimate of drug-likeness (QED) is 0.742. The first kappa shape index (κ1) is 14.6. The molecule has 1 amide bonds. The van der Waals surface area contributed by atoms with Crippen LogP contribution in [0.5, 0.6) is 0 Å². The van der Waals surface area contributed by atoms with Crippen LogP contribution in [0.3, 0.4) is 0 Å². The molecule has 0 fully saturated rings. The van der Waals surface area contributed by atoms with Crippen molar-refractivity contribution in [2.45, 2.75) is 0 Å². The number of carbonyl (C=O) groups excluding carboxylic acids is 1. The zero-order chi connectivity index (χ0) is 13.4. The third kappa shape index (κ3) is 5.25. The molecule has 5 heteroatoms. The molecule has 0 aliphatic rings. The van der Waals surface area contributed by atoms with Gasteiger partial charge in [0.1, 0.15) is 5.82 Å². The lowest BCUT2D eigenvalue weighted by molar-refractivity contribution is 0.0896. The molecule has 4 nitrogen and oxygen atoms in total. The van der Waals surface area contributed by atoms with Crippen molar-refractivity contribution in [3.8, 4) is 0 Å². The number of hydrogen-bond acceptors (Lipinski definition) is 3. The lowest BCUT2D eigenvalue weighted by Gasteiger charge is -2.10. The van der Waals surface area contributed by atoms with E-state index in [1.165, 1.54) is 12.1 Å². The smallest absolute Gasteiger partial charge is 0.254 e. The van der Waals surface area contributed by atoms with E-state index in [1.54, 1.807) is 12.1 Å². The first-order valence-electron chi connectivity index (χ1n) is 5.86. The van der Waals surface area contributed by atoms with Crippen molar-refractivity contribution in [2.75, 3.05) is 40.4 Å². The number of rotatable bonds is 7. The van der Waals surface area contributed by atoms with Crippen molar-refractivity contribution in [1.82, 2.24) is 10.2 Å². The van der Waals surface area contributed by atoms with E-state index in [2.05, 4.69) is 5.32 Å². The van der Waals surface area contributed by atoms with Crippen molar-refractivity contribution < 1.29 is 13.9 Å². The molecule has 0 aromatic heterocycles. The maximum atomic E-state index is 13.3. The molecule has 100 valence electrons. The summed E-state index contributed by atoms with van der Waals surface area (Å²) in [6.07, 6.45) is 0. The zero-order valence-electron chi connectivity index (χ0n) is 10.8. The number of hydrogen-bond donors (Lipinski definition) is 1. The Hall–Kier alpha value is -1.46. The number of halogens is 1. The average molecular weight is 254 g/mol. The second-order valence-electron chi connectivity index (χ2n) is 4.15. The van der Waals surface area contributed by atoms with Crippen molar-refractivity contribution in [3.63, 3.8) is 0 Å². The molecular formula is C13H19FN2O2. The molecule has 18 heavy (non-hydrogen) atoms. The summed E-state index contributed by atoms with van der Waals surface area (Å²) in [5.41, 5.74) is 0.0609. The Kier molecular flexibility index (Phi) is 6.32. The summed E-state index contributed by atoms with van der Waals surface area (Å²) in [4.78, 5) is 13.6. The average Bonchev–Trinajstić information content (AvgIpc) is 2.33. The molecule has 0 heterocycles. The fraction of sp³-hybridized carbons (Fsp3) is 0.462. The maximum Gasteiger partial charge on any atom is 0.254 e.